The Morgan fingerprint density at radius 2 is 2.20 bits per heavy atom. The van der Waals surface area contributed by atoms with E-state index in [1.165, 1.54) is 0 Å². The minimum Gasteiger partial charge on any atom is -0.385 e. The Hall–Kier alpha value is -1.24. The van der Waals surface area contributed by atoms with Crippen molar-refractivity contribution in [1.82, 2.24) is 9.97 Å². The van der Waals surface area contributed by atoms with Crippen LogP contribution in [0.15, 0.2) is 11.4 Å². The highest BCUT2D eigenvalue weighted by molar-refractivity contribution is 7.16. The third kappa shape index (κ3) is 4.13. The first kappa shape index (κ1) is 15.2. The first-order valence-electron chi connectivity index (χ1n) is 6.89. The molecule has 0 bridgehead atoms. The fourth-order valence-electron chi connectivity index (χ4n) is 1.81. The van der Waals surface area contributed by atoms with Crippen molar-refractivity contribution in [2.45, 2.75) is 26.4 Å². The Bertz CT molecular complexity index is 530. The summed E-state index contributed by atoms with van der Waals surface area (Å²) >= 11 is 1.63. The van der Waals surface area contributed by atoms with Gasteiger partial charge in [0, 0.05) is 26.9 Å². The van der Waals surface area contributed by atoms with Gasteiger partial charge >= 0.3 is 0 Å². The molecule has 0 aliphatic heterocycles. The normalized spacial score (nSPS) is 11.1. The Labute approximate surface area is 123 Å². The Morgan fingerprint density at radius 3 is 3.00 bits per heavy atom. The second-order valence-electron chi connectivity index (χ2n) is 4.45. The highest BCUT2D eigenvalue weighted by Gasteiger charge is 2.08. The molecule has 6 heteroatoms. The number of hydrogen-bond donors (Lipinski definition) is 1. The number of aromatic nitrogens is 2. The van der Waals surface area contributed by atoms with Crippen molar-refractivity contribution < 1.29 is 9.47 Å². The second-order valence-corrected chi connectivity index (χ2v) is 5.35. The van der Waals surface area contributed by atoms with E-state index in [2.05, 4.69) is 28.3 Å². The molecule has 0 saturated carbocycles. The summed E-state index contributed by atoms with van der Waals surface area (Å²) in [7, 11) is 1.69. The van der Waals surface area contributed by atoms with Crippen LogP contribution in [0, 0.1) is 0 Å². The lowest BCUT2D eigenvalue weighted by molar-refractivity contribution is 0.0893. The molecule has 2 heterocycles. The smallest absolute Gasteiger partial charge is 0.158 e. The Morgan fingerprint density at radius 1 is 1.30 bits per heavy atom. The zero-order chi connectivity index (χ0) is 14.2. The molecule has 0 aromatic carbocycles. The average Bonchev–Trinajstić information content (AvgIpc) is 2.93. The molecular weight excluding hydrogens is 274 g/mol. The molecule has 110 valence electrons. The predicted octanol–water partition coefficient (Wildman–Crippen LogP) is 3.07. The van der Waals surface area contributed by atoms with E-state index < -0.39 is 0 Å². The van der Waals surface area contributed by atoms with Gasteiger partial charge in [-0.1, -0.05) is 6.92 Å². The summed E-state index contributed by atoms with van der Waals surface area (Å²) < 4.78 is 10.6. The maximum Gasteiger partial charge on any atom is 0.158 e. The van der Waals surface area contributed by atoms with Crippen molar-refractivity contribution in [2.24, 2.45) is 0 Å². The molecule has 5 nitrogen and oxygen atoms in total. The molecule has 1 N–H and O–H groups in total. The highest BCUT2D eigenvalue weighted by atomic mass is 32.1. The monoisotopic (exact) mass is 295 g/mol. The van der Waals surface area contributed by atoms with Crippen LogP contribution in [-0.4, -0.2) is 36.8 Å². The van der Waals surface area contributed by atoms with Gasteiger partial charge < -0.3 is 14.8 Å². The molecule has 0 aliphatic carbocycles. The van der Waals surface area contributed by atoms with Crippen molar-refractivity contribution in [2.75, 3.05) is 32.2 Å². The lowest BCUT2D eigenvalue weighted by Gasteiger charge is -2.08. The van der Waals surface area contributed by atoms with Crippen LogP contribution in [0.4, 0.5) is 5.82 Å². The summed E-state index contributed by atoms with van der Waals surface area (Å²) in [4.78, 5) is 10.1. The van der Waals surface area contributed by atoms with Gasteiger partial charge in [-0.15, -0.1) is 11.3 Å². The largest absolute Gasteiger partial charge is 0.385 e. The van der Waals surface area contributed by atoms with Gasteiger partial charge in [-0.3, -0.25) is 0 Å². The lowest BCUT2D eigenvalue weighted by Crippen LogP contribution is -2.07. The van der Waals surface area contributed by atoms with E-state index in [4.69, 9.17) is 9.47 Å². The molecule has 2 aromatic rings. The van der Waals surface area contributed by atoms with Crippen LogP contribution in [0.25, 0.3) is 10.2 Å². The molecule has 0 saturated heterocycles. The maximum absolute atomic E-state index is 5.58. The number of fused-ring (bicyclic) bond motifs is 1. The van der Waals surface area contributed by atoms with Crippen LogP contribution < -0.4 is 5.32 Å². The van der Waals surface area contributed by atoms with Gasteiger partial charge in [0.05, 0.1) is 5.39 Å². The quantitative estimate of drug-likeness (QED) is 0.721. The summed E-state index contributed by atoms with van der Waals surface area (Å²) in [6, 6.07) is 2.06. The molecule has 0 radical (unpaired) electrons. The number of ether oxygens (including phenoxy) is 2. The van der Waals surface area contributed by atoms with Crippen LogP contribution in [0.2, 0.25) is 0 Å². The van der Waals surface area contributed by atoms with Gasteiger partial charge in [0.1, 0.15) is 17.3 Å². The predicted molar refractivity (Wildman–Crippen MR) is 82.3 cm³/mol. The second kappa shape index (κ2) is 8.14. The van der Waals surface area contributed by atoms with Crippen molar-refractivity contribution in [3.63, 3.8) is 0 Å². The average molecular weight is 295 g/mol. The van der Waals surface area contributed by atoms with E-state index in [0.29, 0.717) is 19.8 Å². The molecule has 0 amide bonds. The number of hydrogen-bond acceptors (Lipinski definition) is 6. The Kier molecular flexibility index (Phi) is 6.17. The van der Waals surface area contributed by atoms with Gasteiger partial charge in [-0.05, 0) is 24.3 Å². The summed E-state index contributed by atoms with van der Waals surface area (Å²) in [5.74, 6) is 1.64. The van der Waals surface area contributed by atoms with Gasteiger partial charge in [0.2, 0.25) is 0 Å². The fourth-order valence-corrected chi connectivity index (χ4v) is 2.59. The molecule has 0 fully saturated rings. The zero-order valence-corrected chi connectivity index (χ0v) is 12.8. The van der Waals surface area contributed by atoms with Crippen molar-refractivity contribution in [1.29, 1.82) is 0 Å². The van der Waals surface area contributed by atoms with Crippen LogP contribution in [-0.2, 0) is 16.1 Å². The van der Waals surface area contributed by atoms with Gasteiger partial charge in [-0.2, -0.15) is 0 Å². The molecule has 0 unspecified atom stereocenters. The number of nitrogens with one attached hydrogen (secondary N) is 1. The number of rotatable bonds is 9. The molecule has 0 atom stereocenters. The molecule has 20 heavy (non-hydrogen) atoms. The number of anilines is 1. The standard InChI is InChI=1S/C14H21N3O2S/c1-3-6-15-13-11-5-9-20-14(11)17-12(16-13)10-19-8-4-7-18-2/h5,9H,3-4,6-8,10H2,1-2H3,(H,15,16,17). The zero-order valence-electron chi connectivity index (χ0n) is 12.0. The van der Waals surface area contributed by atoms with Crippen molar-refractivity contribution >= 4 is 27.4 Å². The fraction of sp³-hybridized carbons (Fsp3) is 0.571. The summed E-state index contributed by atoms with van der Waals surface area (Å²) in [6.07, 6.45) is 1.96. The number of methoxy groups -OCH3 is 1. The van der Waals surface area contributed by atoms with Crippen LogP contribution >= 0.6 is 11.3 Å². The van der Waals surface area contributed by atoms with Gasteiger partial charge in [0.15, 0.2) is 5.82 Å². The molecule has 2 rings (SSSR count). The van der Waals surface area contributed by atoms with E-state index in [1.54, 1.807) is 18.4 Å². The summed E-state index contributed by atoms with van der Waals surface area (Å²) in [6.45, 7) is 4.87. The molecule has 0 spiro atoms. The summed E-state index contributed by atoms with van der Waals surface area (Å²) in [5.41, 5.74) is 0. The highest BCUT2D eigenvalue weighted by Crippen LogP contribution is 2.25. The minimum atomic E-state index is 0.443. The van der Waals surface area contributed by atoms with Crippen molar-refractivity contribution in [3.05, 3.63) is 17.3 Å². The number of thiophene rings is 1. The maximum atomic E-state index is 5.58. The van der Waals surface area contributed by atoms with Crippen LogP contribution in [0.3, 0.4) is 0 Å². The molecule has 0 aliphatic rings. The van der Waals surface area contributed by atoms with E-state index in [9.17, 15) is 0 Å². The SMILES string of the molecule is CCCNc1nc(COCCCOC)nc2sccc12. The Balaban J connectivity index is 2.01. The topological polar surface area (TPSA) is 56.3 Å². The third-order valence-electron chi connectivity index (χ3n) is 2.78. The molecule has 2 aromatic heterocycles. The summed E-state index contributed by atoms with van der Waals surface area (Å²) in [5, 5.41) is 6.49. The lowest BCUT2D eigenvalue weighted by atomic mass is 10.3. The molecular formula is C14H21N3O2S. The van der Waals surface area contributed by atoms with Gasteiger partial charge in [0.25, 0.3) is 0 Å². The van der Waals surface area contributed by atoms with E-state index in [-0.39, 0.29) is 0 Å². The van der Waals surface area contributed by atoms with Crippen LogP contribution in [0.5, 0.6) is 0 Å². The van der Waals surface area contributed by atoms with Gasteiger partial charge in [-0.25, -0.2) is 9.97 Å². The van der Waals surface area contributed by atoms with E-state index in [1.807, 2.05) is 5.38 Å². The first-order valence-corrected chi connectivity index (χ1v) is 7.77. The van der Waals surface area contributed by atoms with E-state index >= 15 is 0 Å². The van der Waals surface area contributed by atoms with Crippen LogP contribution in [0.1, 0.15) is 25.6 Å². The number of nitrogens with zero attached hydrogens (tertiary/aromatic N) is 2. The van der Waals surface area contributed by atoms with E-state index in [0.717, 1.165) is 41.2 Å². The third-order valence-corrected chi connectivity index (χ3v) is 3.59. The first-order chi connectivity index (χ1) is 9.85. The van der Waals surface area contributed by atoms with Crippen molar-refractivity contribution in [3.8, 4) is 0 Å². The minimum absolute atomic E-state index is 0.443.